The van der Waals surface area contributed by atoms with Crippen molar-refractivity contribution >= 4 is 11.6 Å². The van der Waals surface area contributed by atoms with Crippen LogP contribution in [-0.4, -0.2) is 32.3 Å². The second-order valence-electron chi connectivity index (χ2n) is 5.60. The van der Waals surface area contributed by atoms with Gasteiger partial charge in [-0.05, 0) is 36.4 Å². The van der Waals surface area contributed by atoms with E-state index in [0.29, 0.717) is 53.6 Å². The van der Waals surface area contributed by atoms with Gasteiger partial charge < -0.3 is 25.3 Å². The third-order valence-electron chi connectivity index (χ3n) is 3.76. The number of halogens is 1. The molecule has 26 heavy (non-hydrogen) atoms. The van der Waals surface area contributed by atoms with Crippen LogP contribution < -0.4 is 25.3 Å². The first-order chi connectivity index (χ1) is 12.7. The molecule has 0 saturated heterocycles. The highest BCUT2D eigenvalue weighted by molar-refractivity contribution is 6.04. The molecule has 6 nitrogen and oxygen atoms in total. The minimum atomic E-state index is -0.264. The highest BCUT2D eigenvalue weighted by Gasteiger charge is 2.13. The Kier molecular flexibility index (Phi) is 5.70. The zero-order valence-corrected chi connectivity index (χ0v) is 14.0. The van der Waals surface area contributed by atoms with E-state index < -0.39 is 0 Å². The number of fused-ring (bicyclic) bond motifs is 1. The predicted molar refractivity (Wildman–Crippen MR) is 95.6 cm³/mol. The Bertz CT molecular complexity index is 806. The molecule has 2 aromatic rings. The highest BCUT2D eigenvalue weighted by Crippen LogP contribution is 2.32. The molecule has 0 radical (unpaired) electrons. The summed E-state index contributed by atoms with van der Waals surface area (Å²) >= 11 is 0. The molecular formula is C19H19FN2O4. The van der Waals surface area contributed by atoms with Gasteiger partial charge in [-0.15, -0.1) is 0 Å². The van der Waals surface area contributed by atoms with Crippen molar-refractivity contribution in [2.24, 2.45) is 5.73 Å². The molecule has 136 valence electrons. The quantitative estimate of drug-likeness (QED) is 0.830. The number of rotatable bonds is 6. The Morgan fingerprint density at radius 1 is 1.15 bits per heavy atom. The molecule has 0 saturated carbocycles. The first kappa shape index (κ1) is 17.8. The summed E-state index contributed by atoms with van der Waals surface area (Å²) in [5, 5.41) is 2.81. The Labute approximate surface area is 150 Å². The van der Waals surface area contributed by atoms with E-state index in [-0.39, 0.29) is 19.1 Å². The molecule has 0 bridgehead atoms. The number of amides is 1. The van der Waals surface area contributed by atoms with E-state index in [1.54, 1.807) is 42.5 Å². The fourth-order valence-electron chi connectivity index (χ4n) is 2.34. The molecule has 1 heterocycles. The molecule has 0 fully saturated rings. The molecule has 1 aliphatic heterocycles. The Hall–Kier alpha value is -3.06. The number of hydrogen-bond acceptors (Lipinski definition) is 5. The van der Waals surface area contributed by atoms with E-state index in [1.807, 2.05) is 0 Å². The minimum absolute atomic E-state index is 0.0652. The van der Waals surface area contributed by atoms with Crippen LogP contribution in [0.3, 0.4) is 0 Å². The largest absolute Gasteiger partial charge is 0.489 e. The van der Waals surface area contributed by atoms with Crippen LogP contribution >= 0.6 is 0 Å². The monoisotopic (exact) mass is 358 g/mol. The van der Waals surface area contributed by atoms with Crippen LogP contribution in [0.4, 0.5) is 10.1 Å². The normalized spacial score (nSPS) is 13.2. The third kappa shape index (κ3) is 4.31. The third-order valence-corrected chi connectivity index (χ3v) is 3.76. The van der Waals surface area contributed by atoms with Crippen molar-refractivity contribution in [3.05, 3.63) is 59.9 Å². The van der Waals surface area contributed by atoms with E-state index in [4.69, 9.17) is 19.9 Å². The molecule has 3 N–H and O–H groups in total. The fourth-order valence-corrected chi connectivity index (χ4v) is 2.34. The summed E-state index contributed by atoms with van der Waals surface area (Å²) in [4.78, 5) is 12.4. The summed E-state index contributed by atoms with van der Waals surface area (Å²) in [5.41, 5.74) is 6.80. The van der Waals surface area contributed by atoms with Crippen molar-refractivity contribution in [3.63, 3.8) is 0 Å². The maximum absolute atomic E-state index is 12.5. The van der Waals surface area contributed by atoms with Crippen LogP contribution in [0.2, 0.25) is 0 Å². The molecule has 2 aromatic carbocycles. The Balaban J connectivity index is 1.61. The van der Waals surface area contributed by atoms with Crippen LogP contribution in [0, 0.1) is 0 Å². The number of benzene rings is 2. The van der Waals surface area contributed by atoms with Crippen molar-refractivity contribution in [1.29, 1.82) is 0 Å². The maximum atomic E-state index is 12.5. The topological polar surface area (TPSA) is 82.8 Å². The number of ether oxygens (including phenoxy) is 3. The summed E-state index contributed by atoms with van der Waals surface area (Å²) < 4.78 is 28.8. The van der Waals surface area contributed by atoms with Gasteiger partial charge in [0, 0.05) is 29.4 Å². The molecule has 1 aliphatic rings. The van der Waals surface area contributed by atoms with E-state index in [2.05, 4.69) is 5.32 Å². The average Bonchev–Trinajstić information content (AvgIpc) is 2.69. The van der Waals surface area contributed by atoms with Crippen molar-refractivity contribution in [2.45, 2.75) is 0 Å². The summed E-state index contributed by atoms with van der Waals surface area (Å²) in [6, 6.07) is 11.8. The van der Waals surface area contributed by atoms with Gasteiger partial charge in [-0.25, -0.2) is 4.39 Å². The molecule has 3 rings (SSSR count). The lowest BCUT2D eigenvalue weighted by atomic mass is 10.2. The molecule has 7 heteroatoms. The standard InChI is InChI=1S/C19H19FN2O4/c20-10-13(11-21)12-26-16-4-1-14(2-5-16)19(23)22-15-3-6-17-18(9-15)25-8-7-24-17/h1-6,9-10H,7-8,11-12,21H2,(H,22,23). The van der Waals surface area contributed by atoms with Gasteiger partial charge in [0.25, 0.3) is 5.91 Å². The molecule has 0 aromatic heterocycles. The van der Waals surface area contributed by atoms with Gasteiger partial charge in [0.15, 0.2) is 11.5 Å². The number of carbonyl (C=O) groups excluding carboxylic acids is 1. The van der Waals surface area contributed by atoms with Gasteiger partial charge in [0.2, 0.25) is 0 Å². The van der Waals surface area contributed by atoms with E-state index in [9.17, 15) is 9.18 Å². The van der Waals surface area contributed by atoms with Crippen molar-refractivity contribution in [3.8, 4) is 17.2 Å². The van der Waals surface area contributed by atoms with Gasteiger partial charge >= 0.3 is 0 Å². The molecular weight excluding hydrogens is 339 g/mol. The van der Waals surface area contributed by atoms with Crippen LogP contribution in [-0.2, 0) is 0 Å². The summed E-state index contributed by atoms with van der Waals surface area (Å²) in [6.07, 6.45) is 0.440. The van der Waals surface area contributed by atoms with Crippen LogP contribution in [0.5, 0.6) is 17.2 Å². The highest BCUT2D eigenvalue weighted by atomic mass is 19.1. The lowest BCUT2D eigenvalue weighted by Crippen LogP contribution is -2.16. The second kappa shape index (κ2) is 8.35. The van der Waals surface area contributed by atoms with Crippen LogP contribution in [0.25, 0.3) is 0 Å². The number of carbonyl (C=O) groups is 1. The van der Waals surface area contributed by atoms with Crippen molar-refractivity contribution in [1.82, 2.24) is 0 Å². The lowest BCUT2D eigenvalue weighted by molar-refractivity contribution is 0.102. The summed E-state index contributed by atoms with van der Waals surface area (Å²) in [7, 11) is 0. The zero-order chi connectivity index (χ0) is 18.4. The Morgan fingerprint density at radius 2 is 1.88 bits per heavy atom. The number of nitrogens with one attached hydrogen (secondary N) is 1. The Morgan fingerprint density at radius 3 is 2.58 bits per heavy atom. The summed E-state index contributed by atoms with van der Waals surface area (Å²) in [6.45, 7) is 1.15. The van der Waals surface area contributed by atoms with E-state index in [0.717, 1.165) is 0 Å². The number of anilines is 1. The number of nitrogens with two attached hydrogens (primary N) is 1. The van der Waals surface area contributed by atoms with Gasteiger partial charge in [0.05, 0.1) is 6.33 Å². The van der Waals surface area contributed by atoms with Gasteiger partial charge in [-0.1, -0.05) is 0 Å². The van der Waals surface area contributed by atoms with E-state index in [1.165, 1.54) is 0 Å². The van der Waals surface area contributed by atoms with Crippen molar-refractivity contribution in [2.75, 3.05) is 31.7 Å². The smallest absolute Gasteiger partial charge is 0.255 e. The van der Waals surface area contributed by atoms with Crippen molar-refractivity contribution < 1.29 is 23.4 Å². The van der Waals surface area contributed by atoms with Crippen LogP contribution in [0.1, 0.15) is 10.4 Å². The SMILES string of the molecule is NCC(=CF)COc1ccc(C(=O)Nc2ccc3c(c2)OCCO3)cc1. The van der Waals surface area contributed by atoms with Gasteiger partial charge in [0.1, 0.15) is 25.6 Å². The first-order valence-electron chi connectivity index (χ1n) is 8.11. The zero-order valence-electron chi connectivity index (χ0n) is 14.0. The van der Waals surface area contributed by atoms with Gasteiger partial charge in [-0.3, -0.25) is 4.79 Å². The van der Waals surface area contributed by atoms with E-state index >= 15 is 0 Å². The molecule has 1 amide bonds. The maximum Gasteiger partial charge on any atom is 0.255 e. The average molecular weight is 358 g/mol. The fraction of sp³-hybridized carbons (Fsp3) is 0.211. The van der Waals surface area contributed by atoms with Crippen LogP contribution in [0.15, 0.2) is 54.4 Å². The first-order valence-corrected chi connectivity index (χ1v) is 8.11. The lowest BCUT2D eigenvalue weighted by Gasteiger charge is -2.19. The predicted octanol–water partition coefficient (Wildman–Crippen LogP) is 2.90. The summed E-state index contributed by atoms with van der Waals surface area (Å²) in [5.74, 6) is 1.53. The van der Waals surface area contributed by atoms with Gasteiger partial charge in [-0.2, -0.15) is 0 Å². The minimum Gasteiger partial charge on any atom is -0.489 e. The molecule has 0 aliphatic carbocycles. The second-order valence-corrected chi connectivity index (χ2v) is 5.60. The molecule has 0 atom stereocenters. The molecule has 0 spiro atoms. The number of hydrogen-bond donors (Lipinski definition) is 2. The molecule has 0 unspecified atom stereocenters.